The number of nitrogens with zero attached hydrogens (tertiary/aromatic N) is 1. The van der Waals surface area contributed by atoms with E-state index in [2.05, 4.69) is 10.3 Å². The van der Waals surface area contributed by atoms with Gasteiger partial charge in [0.05, 0.1) is 22.7 Å². The summed E-state index contributed by atoms with van der Waals surface area (Å²) in [4.78, 5) is 16.2. The number of thioether (sulfide) groups is 1. The second kappa shape index (κ2) is 7.72. The fourth-order valence-corrected chi connectivity index (χ4v) is 2.99. The van der Waals surface area contributed by atoms with E-state index in [1.54, 1.807) is 30.5 Å². The first-order valence-electron chi connectivity index (χ1n) is 7.42. The van der Waals surface area contributed by atoms with Crippen molar-refractivity contribution in [3.05, 3.63) is 65.1 Å². The van der Waals surface area contributed by atoms with Crippen LogP contribution in [-0.4, -0.2) is 16.6 Å². The highest BCUT2D eigenvalue weighted by Crippen LogP contribution is 2.26. The van der Waals surface area contributed by atoms with E-state index in [9.17, 15) is 9.18 Å². The fraction of sp³-hybridized carbons (Fsp3) is 0.111. The molecule has 1 aromatic heterocycles. The molecule has 128 valence electrons. The summed E-state index contributed by atoms with van der Waals surface area (Å²) in [5.41, 5.74) is 2.30. The third-order valence-electron chi connectivity index (χ3n) is 3.34. The third-order valence-corrected chi connectivity index (χ3v) is 4.49. The molecule has 0 bridgehead atoms. The van der Waals surface area contributed by atoms with E-state index >= 15 is 0 Å². The Kier molecular flexibility index (Phi) is 5.40. The summed E-state index contributed by atoms with van der Waals surface area (Å²) in [5, 5.41) is 3.61. The van der Waals surface area contributed by atoms with Gasteiger partial charge in [0.25, 0.3) is 5.22 Å². The number of benzene rings is 2. The number of hydrogen-bond acceptors (Lipinski definition) is 4. The number of carbonyl (C=O) groups is 1. The van der Waals surface area contributed by atoms with Gasteiger partial charge in [-0.3, -0.25) is 4.79 Å². The van der Waals surface area contributed by atoms with Crippen molar-refractivity contribution >= 4 is 35.0 Å². The summed E-state index contributed by atoms with van der Waals surface area (Å²) < 4.78 is 18.5. The van der Waals surface area contributed by atoms with Crippen LogP contribution in [0.25, 0.3) is 11.3 Å². The molecule has 1 amide bonds. The van der Waals surface area contributed by atoms with Gasteiger partial charge in [0.15, 0.2) is 5.76 Å². The zero-order valence-electron chi connectivity index (χ0n) is 13.3. The Labute approximate surface area is 153 Å². The molecule has 2 aromatic carbocycles. The zero-order chi connectivity index (χ0) is 17.8. The summed E-state index contributed by atoms with van der Waals surface area (Å²) in [6.45, 7) is 1.93. The monoisotopic (exact) mass is 376 g/mol. The van der Waals surface area contributed by atoms with Crippen molar-refractivity contribution in [1.29, 1.82) is 0 Å². The first-order valence-corrected chi connectivity index (χ1v) is 8.78. The normalized spacial score (nSPS) is 10.7. The van der Waals surface area contributed by atoms with Crippen LogP contribution in [0.1, 0.15) is 5.56 Å². The van der Waals surface area contributed by atoms with Gasteiger partial charge in [-0.05, 0) is 48.9 Å². The second-order valence-corrected chi connectivity index (χ2v) is 6.65. The number of carbonyl (C=O) groups excluding carboxylic acids is 1. The Morgan fingerprint density at radius 3 is 2.76 bits per heavy atom. The van der Waals surface area contributed by atoms with Crippen LogP contribution in [0.15, 0.2) is 58.3 Å². The zero-order valence-corrected chi connectivity index (χ0v) is 14.8. The molecule has 1 heterocycles. The van der Waals surface area contributed by atoms with Crippen LogP contribution in [0.4, 0.5) is 10.1 Å². The van der Waals surface area contributed by atoms with Gasteiger partial charge in [0, 0.05) is 5.56 Å². The summed E-state index contributed by atoms with van der Waals surface area (Å²) in [6.07, 6.45) is 1.55. The van der Waals surface area contributed by atoms with Crippen LogP contribution in [0.3, 0.4) is 0 Å². The van der Waals surface area contributed by atoms with E-state index in [1.165, 1.54) is 23.9 Å². The molecule has 0 saturated carbocycles. The summed E-state index contributed by atoms with van der Waals surface area (Å²) in [6, 6.07) is 11.3. The first-order chi connectivity index (χ1) is 12.0. The van der Waals surface area contributed by atoms with Crippen molar-refractivity contribution in [2.45, 2.75) is 12.1 Å². The van der Waals surface area contributed by atoms with Crippen LogP contribution in [0, 0.1) is 12.7 Å². The van der Waals surface area contributed by atoms with Crippen molar-refractivity contribution in [2.75, 3.05) is 11.1 Å². The Morgan fingerprint density at radius 1 is 1.28 bits per heavy atom. The predicted octanol–water partition coefficient (Wildman–Crippen LogP) is 5.17. The Balaban J connectivity index is 1.58. The van der Waals surface area contributed by atoms with E-state index < -0.39 is 0 Å². The molecule has 0 fully saturated rings. The number of aromatic nitrogens is 1. The standard InChI is InChI=1S/C18H14ClFN2O2S/c1-11-2-7-15(14(19)8-11)22-17(23)10-25-18-21-9-16(24-18)12-3-5-13(20)6-4-12/h2-9H,10H2,1H3,(H,22,23). The molecule has 3 rings (SSSR count). The maximum Gasteiger partial charge on any atom is 0.256 e. The molecule has 3 aromatic rings. The van der Waals surface area contributed by atoms with Crippen LogP contribution in [0.2, 0.25) is 5.02 Å². The van der Waals surface area contributed by atoms with Gasteiger partial charge in [-0.25, -0.2) is 9.37 Å². The SMILES string of the molecule is Cc1ccc(NC(=O)CSc2ncc(-c3ccc(F)cc3)o2)c(Cl)c1. The molecule has 0 aliphatic heterocycles. The van der Waals surface area contributed by atoms with Gasteiger partial charge in [-0.2, -0.15) is 0 Å². The number of rotatable bonds is 5. The maximum absolute atomic E-state index is 12.9. The maximum atomic E-state index is 12.9. The smallest absolute Gasteiger partial charge is 0.256 e. The second-order valence-electron chi connectivity index (χ2n) is 5.32. The molecule has 0 atom stereocenters. The number of anilines is 1. The van der Waals surface area contributed by atoms with Gasteiger partial charge in [0.2, 0.25) is 5.91 Å². The lowest BCUT2D eigenvalue weighted by atomic mass is 10.2. The molecule has 0 radical (unpaired) electrons. The van der Waals surface area contributed by atoms with Crippen molar-refractivity contribution in [3.8, 4) is 11.3 Å². The van der Waals surface area contributed by atoms with Crippen molar-refractivity contribution < 1.29 is 13.6 Å². The van der Waals surface area contributed by atoms with Crippen molar-refractivity contribution in [1.82, 2.24) is 4.98 Å². The number of halogens is 2. The molecule has 0 aliphatic rings. The number of oxazole rings is 1. The topological polar surface area (TPSA) is 55.1 Å². The largest absolute Gasteiger partial charge is 0.431 e. The van der Waals surface area contributed by atoms with E-state index in [-0.39, 0.29) is 17.5 Å². The molecule has 7 heteroatoms. The van der Waals surface area contributed by atoms with Crippen molar-refractivity contribution in [2.24, 2.45) is 0 Å². The van der Waals surface area contributed by atoms with Crippen molar-refractivity contribution in [3.63, 3.8) is 0 Å². The van der Waals surface area contributed by atoms with Crippen LogP contribution >= 0.6 is 23.4 Å². The Bertz CT molecular complexity index is 896. The van der Waals surface area contributed by atoms with E-state index in [0.717, 1.165) is 11.1 Å². The number of hydrogen-bond donors (Lipinski definition) is 1. The average molecular weight is 377 g/mol. The van der Waals surface area contributed by atoms with E-state index in [4.69, 9.17) is 16.0 Å². The van der Waals surface area contributed by atoms with Crippen LogP contribution in [0.5, 0.6) is 0 Å². The summed E-state index contributed by atoms with van der Waals surface area (Å²) >= 11 is 7.26. The van der Waals surface area contributed by atoms with Crippen LogP contribution in [-0.2, 0) is 4.79 Å². The number of amides is 1. The van der Waals surface area contributed by atoms with E-state index in [1.807, 2.05) is 13.0 Å². The highest BCUT2D eigenvalue weighted by molar-refractivity contribution is 7.99. The Hall–Kier alpha value is -2.31. The lowest BCUT2D eigenvalue weighted by Crippen LogP contribution is -2.14. The lowest BCUT2D eigenvalue weighted by molar-refractivity contribution is -0.113. The fourth-order valence-electron chi connectivity index (χ4n) is 2.11. The number of nitrogens with one attached hydrogen (secondary N) is 1. The summed E-state index contributed by atoms with van der Waals surface area (Å²) in [5.74, 6) is 0.124. The number of aryl methyl sites for hydroxylation is 1. The van der Waals surface area contributed by atoms with E-state index in [0.29, 0.717) is 21.7 Å². The molecular weight excluding hydrogens is 363 g/mol. The lowest BCUT2D eigenvalue weighted by Gasteiger charge is -2.07. The average Bonchev–Trinajstić information content (AvgIpc) is 3.05. The van der Waals surface area contributed by atoms with Gasteiger partial charge in [-0.1, -0.05) is 29.4 Å². The Morgan fingerprint density at radius 2 is 2.04 bits per heavy atom. The molecule has 0 aliphatic carbocycles. The molecule has 0 spiro atoms. The van der Waals surface area contributed by atoms with Gasteiger partial charge >= 0.3 is 0 Å². The predicted molar refractivity (Wildman–Crippen MR) is 97.4 cm³/mol. The summed E-state index contributed by atoms with van der Waals surface area (Å²) in [7, 11) is 0. The molecule has 1 N–H and O–H groups in total. The first kappa shape index (κ1) is 17.5. The minimum Gasteiger partial charge on any atom is -0.431 e. The minimum absolute atomic E-state index is 0.133. The highest BCUT2D eigenvalue weighted by Gasteiger charge is 2.11. The molecule has 0 unspecified atom stereocenters. The molecule has 25 heavy (non-hydrogen) atoms. The van der Waals surface area contributed by atoms with Gasteiger partial charge < -0.3 is 9.73 Å². The minimum atomic E-state index is -0.315. The third kappa shape index (κ3) is 4.61. The quantitative estimate of drug-likeness (QED) is 0.624. The molecular formula is C18H14ClFN2O2S. The van der Waals surface area contributed by atoms with Crippen LogP contribution < -0.4 is 5.32 Å². The van der Waals surface area contributed by atoms with Gasteiger partial charge in [0.1, 0.15) is 5.82 Å². The highest BCUT2D eigenvalue weighted by atomic mass is 35.5. The molecule has 4 nitrogen and oxygen atoms in total. The molecule has 0 saturated heterocycles. The van der Waals surface area contributed by atoms with Gasteiger partial charge in [-0.15, -0.1) is 0 Å².